The van der Waals surface area contributed by atoms with Gasteiger partial charge in [-0.3, -0.25) is 0 Å². The highest BCUT2D eigenvalue weighted by molar-refractivity contribution is 5.36. The molecule has 1 aliphatic carbocycles. The van der Waals surface area contributed by atoms with E-state index >= 15 is 0 Å². The van der Waals surface area contributed by atoms with Crippen LogP contribution in [0.5, 0.6) is 0 Å². The summed E-state index contributed by atoms with van der Waals surface area (Å²) in [4.78, 5) is 0. The van der Waals surface area contributed by atoms with Gasteiger partial charge in [-0.2, -0.15) is 0 Å². The normalized spacial score (nSPS) is 15.5. The number of hydrogen-bond acceptors (Lipinski definition) is 0. The molecule has 0 atom stereocenters. The predicted octanol–water partition coefficient (Wildman–Crippen LogP) is 4.34. The van der Waals surface area contributed by atoms with Crippen molar-refractivity contribution in [1.29, 1.82) is 0 Å². The molecule has 0 saturated carbocycles. The van der Waals surface area contributed by atoms with Crippen LogP contribution in [0.4, 0.5) is 0 Å². The van der Waals surface area contributed by atoms with Gasteiger partial charge in [0.2, 0.25) is 0 Å². The van der Waals surface area contributed by atoms with Gasteiger partial charge in [0.25, 0.3) is 0 Å². The minimum atomic E-state index is 0.945. The molecule has 0 N–H and O–H groups in total. The van der Waals surface area contributed by atoms with E-state index in [1.807, 2.05) is 6.08 Å². The average molecular weight is 186 g/mol. The first kappa shape index (κ1) is 10.8. The first-order chi connectivity index (χ1) is 6.86. The van der Waals surface area contributed by atoms with Gasteiger partial charge in [0.1, 0.15) is 0 Å². The van der Waals surface area contributed by atoms with E-state index in [1.165, 1.54) is 17.6 Å². The van der Waals surface area contributed by atoms with Gasteiger partial charge < -0.3 is 0 Å². The Morgan fingerprint density at radius 2 is 1.79 bits per heavy atom. The van der Waals surface area contributed by atoms with Gasteiger partial charge in [0, 0.05) is 0 Å². The molecule has 0 aliphatic heterocycles. The monoisotopic (exact) mass is 186 g/mol. The Hall–Kier alpha value is -1.30. The SMILES string of the molecule is C=CCC1=CC=C(CCC)C=CC=C1. The Balaban J connectivity index is 2.76. The third-order valence-corrected chi connectivity index (χ3v) is 2.16. The first-order valence-electron chi connectivity index (χ1n) is 5.22. The highest BCUT2D eigenvalue weighted by Crippen LogP contribution is 2.13. The summed E-state index contributed by atoms with van der Waals surface area (Å²) in [5.41, 5.74) is 2.72. The van der Waals surface area contributed by atoms with Crippen molar-refractivity contribution in [1.82, 2.24) is 0 Å². The summed E-state index contributed by atoms with van der Waals surface area (Å²) in [7, 11) is 0. The summed E-state index contributed by atoms with van der Waals surface area (Å²) < 4.78 is 0. The van der Waals surface area contributed by atoms with Gasteiger partial charge in [-0.1, -0.05) is 55.9 Å². The van der Waals surface area contributed by atoms with Crippen LogP contribution in [0.25, 0.3) is 0 Å². The van der Waals surface area contributed by atoms with Gasteiger partial charge in [0.15, 0.2) is 0 Å². The maximum atomic E-state index is 3.75. The quantitative estimate of drug-likeness (QED) is 0.573. The van der Waals surface area contributed by atoms with E-state index in [9.17, 15) is 0 Å². The topological polar surface area (TPSA) is 0 Å². The minimum Gasteiger partial charge on any atom is -0.103 e. The average Bonchev–Trinajstić information content (AvgIpc) is 2.15. The third kappa shape index (κ3) is 3.61. The zero-order valence-corrected chi connectivity index (χ0v) is 8.87. The van der Waals surface area contributed by atoms with Crippen molar-refractivity contribution in [3.63, 3.8) is 0 Å². The van der Waals surface area contributed by atoms with Gasteiger partial charge in [0.05, 0.1) is 0 Å². The molecule has 0 radical (unpaired) electrons. The van der Waals surface area contributed by atoms with Crippen molar-refractivity contribution in [2.24, 2.45) is 0 Å². The molecule has 0 aromatic rings. The summed E-state index contributed by atoms with van der Waals surface area (Å²) in [5, 5.41) is 0. The fraction of sp³-hybridized carbons (Fsp3) is 0.286. The maximum Gasteiger partial charge on any atom is -0.0100 e. The van der Waals surface area contributed by atoms with Crippen molar-refractivity contribution >= 4 is 0 Å². The molecule has 0 spiro atoms. The Kier molecular flexibility index (Phi) is 4.77. The molecule has 0 aromatic carbocycles. The fourth-order valence-corrected chi connectivity index (χ4v) is 1.44. The molecule has 0 heteroatoms. The summed E-state index contributed by atoms with van der Waals surface area (Å²) in [6.07, 6.45) is 18.2. The van der Waals surface area contributed by atoms with E-state index in [0.717, 1.165) is 12.8 Å². The van der Waals surface area contributed by atoms with Crippen LogP contribution in [-0.4, -0.2) is 0 Å². The van der Waals surface area contributed by atoms with Gasteiger partial charge >= 0.3 is 0 Å². The number of rotatable bonds is 4. The van der Waals surface area contributed by atoms with E-state index in [0.29, 0.717) is 0 Å². The lowest BCUT2D eigenvalue weighted by Crippen LogP contribution is -1.81. The molecule has 14 heavy (non-hydrogen) atoms. The molecular weight excluding hydrogens is 168 g/mol. The van der Waals surface area contributed by atoms with Crippen LogP contribution < -0.4 is 0 Å². The summed E-state index contributed by atoms with van der Waals surface area (Å²) in [6.45, 7) is 5.96. The van der Waals surface area contributed by atoms with Crippen LogP contribution in [-0.2, 0) is 0 Å². The molecule has 0 unspecified atom stereocenters. The smallest absolute Gasteiger partial charge is 0.0100 e. The minimum absolute atomic E-state index is 0.945. The largest absolute Gasteiger partial charge is 0.103 e. The highest BCUT2D eigenvalue weighted by atomic mass is 14.0. The number of allylic oxidation sites excluding steroid dienone is 9. The van der Waals surface area contributed by atoms with Crippen LogP contribution in [0.1, 0.15) is 26.2 Å². The van der Waals surface area contributed by atoms with Crippen LogP contribution in [0.15, 0.2) is 60.3 Å². The van der Waals surface area contributed by atoms with Crippen molar-refractivity contribution in [3.8, 4) is 0 Å². The summed E-state index contributed by atoms with van der Waals surface area (Å²) in [6, 6.07) is 0. The van der Waals surface area contributed by atoms with Crippen LogP contribution in [0, 0.1) is 0 Å². The molecule has 0 amide bonds. The van der Waals surface area contributed by atoms with Crippen molar-refractivity contribution in [3.05, 3.63) is 60.3 Å². The molecule has 0 bridgehead atoms. The molecular formula is C14H18. The highest BCUT2D eigenvalue weighted by Gasteiger charge is 1.93. The van der Waals surface area contributed by atoms with Crippen molar-refractivity contribution < 1.29 is 0 Å². The zero-order valence-electron chi connectivity index (χ0n) is 8.87. The summed E-state index contributed by atoms with van der Waals surface area (Å²) in [5.74, 6) is 0. The molecule has 0 heterocycles. The first-order valence-corrected chi connectivity index (χ1v) is 5.22. The van der Waals surface area contributed by atoms with E-state index in [1.54, 1.807) is 0 Å². The maximum absolute atomic E-state index is 3.75. The lowest BCUT2D eigenvalue weighted by molar-refractivity contribution is 0.926. The van der Waals surface area contributed by atoms with E-state index < -0.39 is 0 Å². The lowest BCUT2D eigenvalue weighted by Gasteiger charge is -2.01. The lowest BCUT2D eigenvalue weighted by atomic mass is 10.0. The standard InChI is InChI=1S/C14H18/c1-3-7-13-9-5-6-10-14(8-4-2)12-11-13/h3,5-6,9-12H,1,4,7-8H2,2H3. The van der Waals surface area contributed by atoms with Gasteiger partial charge in [-0.15, -0.1) is 6.58 Å². The Bertz CT molecular complexity index is 298. The second-order valence-electron chi connectivity index (χ2n) is 3.44. The van der Waals surface area contributed by atoms with Crippen molar-refractivity contribution in [2.45, 2.75) is 26.2 Å². The van der Waals surface area contributed by atoms with Gasteiger partial charge in [-0.25, -0.2) is 0 Å². The molecule has 0 fully saturated rings. The van der Waals surface area contributed by atoms with E-state index in [2.05, 4.69) is 50.0 Å². The van der Waals surface area contributed by atoms with Crippen LogP contribution in [0.2, 0.25) is 0 Å². The molecule has 74 valence electrons. The molecule has 0 aromatic heterocycles. The van der Waals surface area contributed by atoms with Crippen molar-refractivity contribution in [2.75, 3.05) is 0 Å². The predicted molar refractivity (Wildman–Crippen MR) is 64.2 cm³/mol. The Morgan fingerprint density at radius 3 is 2.43 bits per heavy atom. The molecule has 1 aliphatic rings. The molecule has 1 rings (SSSR count). The molecule has 0 nitrogen and oxygen atoms in total. The second-order valence-corrected chi connectivity index (χ2v) is 3.44. The fourth-order valence-electron chi connectivity index (χ4n) is 1.44. The van der Waals surface area contributed by atoms with E-state index in [-0.39, 0.29) is 0 Å². The Labute approximate surface area is 87.0 Å². The number of hydrogen-bond donors (Lipinski definition) is 0. The van der Waals surface area contributed by atoms with E-state index in [4.69, 9.17) is 0 Å². The molecule has 0 saturated heterocycles. The van der Waals surface area contributed by atoms with Gasteiger partial charge in [-0.05, 0) is 24.0 Å². The third-order valence-electron chi connectivity index (χ3n) is 2.16. The Morgan fingerprint density at radius 1 is 1.14 bits per heavy atom. The zero-order chi connectivity index (χ0) is 10.2. The second kappa shape index (κ2) is 6.20. The van der Waals surface area contributed by atoms with Crippen LogP contribution in [0.3, 0.4) is 0 Å². The summed E-state index contributed by atoms with van der Waals surface area (Å²) >= 11 is 0. The van der Waals surface area contributed by atoms with Crippen LogP contribution >= 0.6 is 0 Å².